The van der Waals surface area contributed by atoms with Crippen molar-refractivity contribution in [2.24, 2.45) is 11.8 Å². The molecule has 1 aliphatic heterocycles. The molecule has 2 unspecified atom stereocenters. The Hall–Kier alpha value is -1.71. The van der Waals surface area contributed by atoms with E-state index in [0.717, 1.165) is 13.1 Å². The lowest BCUT2D eigenvalue weighted by Gasteiger charge is -2.19. The second kappa shape index (κ2) is 4.88. The van der Waals surface area contributed by atoms with Gasteiger partial charge in [-0.2, -0.15) is 0 Å². The molecular formula is C14H20N2O2. The predicted molar refractivity (Wildman–Crippen MR) is 71.6 cm³/mol. The van der Waals surface area contributed by atoms with Gasteiger partial charge in [0.1, 0.15) is 11.3 Å². The van der Waals surface area contributed by atoms with E-state index in [4.69, 9.17) is 10.5 Å². The van der Waals surface area contributed by atoms with Gasteiger partial charge in [-0.1, -0.05) is 19.9 Å². The van der Waals surface area contributed by atoms with Crippen molar-refractivity contribution in [1.29, 1.82) is 0 Å². The molecular weight excluding hydrogens is 228 g/mol. The third kappa shape index (κ3) is 2.15. The van der Waals surface area contributed by atoms with Crippen LogP contribution in [-0.4, -0.2) is 31.0 Å². The largest absolute Gasteiger partial charge is 0.496 e. The number of ether oxygens (including phenoxy) is 1. The van der Waals surface area contributed by atoms with E-state index in [1.807, 2.05) is 4.90 Å². The summed E-state index contributed by atoms with van der Waals surface area (Å²) in [5.41, 5.74) is 6.87. The van der Waals surface area contributed by atoms with E-state index in [9.17, 15) is 4.79 Å². The molecule has 1 amide bonds. The molecule has 18 heavy (non-hydrogen) atoms. The molecule has 1 saturated heterocycles. The molecule has 1 aliphatic rings. The number of methoxy groups -OCH3 is 1. The Morgan fingerprint density at radius 2 is 1.94 bits per heavy atom. The minimum absolute atomic E-state index is 0.0267. The molecule has 1 aromatic carbocycles. The zero-order valence-corrected chi connectivity index (χ0v) is 11.1. The highest BCUT2D eigenvalue weighted by Gasteiger charge is 2.31. The normalized spacial score (nSPS) is 23.2. The molecule has 4 heteroatoms. The van der Waals surface area contributed by atoms with Crippen LogP contribution in [0.15, 0.2) is 18.2 Å². The molecule has 2 atom stereocenters. The van der Waals surface area contributed by atoms with Crippen LogP contribution in [0.25, 0.3) is 0 Å². The number of amides is 1. The summed E-state index contributed by atoms with van der Waals surface area (Å²) in [6, 6.07) is 5.30. The highest BCUT2D eigenvalue weighted by molar-refractivity contribution is 6.02. The van der Waals surface area contributed by atoms with Crippen molar-refractivity contribution in [3.63, 3.8) is 0 Å². The second-order valence-corrected chi connectivity index (χ2v) is 5.09. The number of hydrogen-bond acceptors (Lipinski definition) is 3. The van der Waals surface area contributed by atoms with Gasteiger partial charge >= 0.3 is 0 Å². The Morgan fingerprint density at radius 3 is 2.50 bits per heavy atom. The van der Waals surface area contributed by atoms with Crippen LogP contribution in [0.4, 0.5) is 5.69 Å². The maximum absolute atomic E-state index is 12.5. The Morgan fingerprint density at radius 1 is 1.33 bits per heavy atom. The number of benzene rings is 1. The number of carbonyl (C=O) groups excluding carboxylic acids is 1. The Kier molecular flexibility index (Phi) is 3.45. The summed E-state index contributed by atoms with van der Waals surface area (Å²) in [4.78, 5) is 14.4. The zero-order valence-electron chi connectivity index (χ0n) is 11.1. The number of nitrogen functional groups attached to an aromatic ring is 1. The number of likely N-dealkylation sites (tertiary alicyclic amines) is 1. The van der Waals surface area contributed by atoms with E-state index < -0.39 is 0 Å². The molecule has 0 spiro atoms. The van der Waals surface area contributed by atoms with Crippen molar-refractivity contribution < 1.29 is 9.53 Å². The van der Waals surface area contributed by atoms with Crippen molar-refractivity contribution in [1.82, 2.24) is 4.90 Å². The van der Waals surface area contributed by atoms with Crippen molar-refractivity contribution in [3.8, 4) is 5.75 Å². The summed E-state index contributed by atoms with van der Waals surface area (Å²) in [5.74, 6) is 1.59. The van der Waals surface area contributed by atoms with Crippen LogP contribution < -0.4 is 10.5 Å². The Labute approximate surface area is 108 Å². The van der Waals surface area contributed by atoms with Gasteiger partial charge in [-0.05, 0) is 24.0 Å². The van der Waals surface area contributed by atoms with Crippen LogP contribution in [-0.2, 0) is 0 Å². The summed E-state index contributed by atoms with van der Waals surface area (Å²) in [6.45, 7) is 5.92. The fourth-order valence-corrected chi connectivity index (χ4v) is 2.40. The van der Waals surface area contributed by atoms with E-state index >= 15 is 0 Å². The SMILES string of the molecule is COc1cccc(N)c1C(=O)N1CC(C)C(C)C1. The summed E-state index contributed by atoms with van der Waals surface area (Å²) >= 11 is 0. The van der Waals surface area contributed by atoms with E-state index in [1.165, 1.54) is 0 Å². The first-order valence-electron chi connectivity index (χ1n) is 6.26. The standard InChI is InChI=1S/C14H20N2O2/c1-9-7-16(8-10(9)2)14(17)13-11(15)5-4-6-12(13)18-3/h4-6,9-10H,7-8,15H2,1-3H3. The molecule has 0 saturated carbocycles. The first kappa shape index (κ1) is 12.7. The minimum Gasteiger partial charge on any atom is -0.496 e. The van der Waals surface area contributed by atoms with E-state index in [2.05, 4.69) is 13.8 Å². The van der Waals surface area contributed by atoms with Crippen LogP contribution in [0.3, 0.4) is 0 Å². The molecule has 98 valence electrons. The maximum Gasteiger partial charge on any atom is 0.259 e. The molecule has 1 fully saturated rings. The fraction of sp³-hybridized carbons (Fsp3) is 0.500. The molecule has 1 aromatic rings. The second-order valence-electron chi connectivity index (χ2n) is 5.09. The zero-order chi connectivity index (χ0) is 13.3. The van der Waals surface area contributed by atoms with Crippen LogP contribution in [0.5, 0.6) is 5.75 Å². The first-order valence-corrected chi connectivity index (χ1v) is 6.26. The smallest absolute Gasteiger partial charge is 0.259 e. The van der Waals surface area contributed by atoms with E-state index in [-0.39, 0.29) is 5.91 Å². The van der Waals surface area contributed by atoms with Crippen molar-refractivity contribution in [3.05, 3.63) is 23.8 Å². The lowest BCUT2D eigenvalue weighted by atomic mass is 10.0. The molecule has 2 N–H and O–H groups in total. The van der Waals surface area contributed by atoms with E-state index in [1.54, 1.807) is 25.3 Å². The van der Waals surface area contributed by atoms with Crippen LogP contribution in [0.2, 0.25) is 0 Å². The molecule has 0 aliphatic carbocycles. The highest BCUT2D eigenvalue weighted by atomic mass is 16.5. The third-order valence-corrected chi connectivity index (χ3v) is 3.77. The molecule has 2 rings (SSSR count). The van der Waals surface area contributed by atoms with Crippen molar-refractivity contribution >= 4 is 11.6 Å². The van der Waals surface area contributed by atoms with E-state index in [0.29, 0.717) is 28.8 Å². The van der Waals surface area contributed by atoms with Crippen LogP contribution in [0.1, 0.15) is 24.2 Å². The van der Waals surface area contributed by atoms with Gasteiger partial charge < -0.3 is 15.4 Å². The molecule has 0 radical (unpaired) electrons. The third-order valence-electron chi connectivity index (χ3n) is 3.77. The van der Waals surface area contributed by atoms with Gasteiger partial charge in [-0.25, -0.2) is 0 Å². The van der Waals surface area contributed by atoms with Crippen molar-refractivity contribution in [2.75, 3.05) is 25.9 Å². The number of rotatable bonds is 2. The van der Waals surface area contributed by atoms with Gasteiger partial charge in [0.15, 0.2) is 0 Å². The average molecular weight is 248 g/mol. The van der Waals surface area contributed by atoms with Crippen LogP contribution >= 0.6 is 0 Å². The van der Waals surface area contributed by atoms with Gasteiger partial charge in [0.25, 0.3) is 5.91 Å². The topological polar surface area (TPSA) is 55.6 Å². The minimum atomic E-state index is -0.0267. The number of anilines is 1. The number of hydrogen-bond donors (Lipinski definition) is 1. The maximum atomic E-state index is 12.5. The monoisotopic (exact) mass is 248 g/mol. The Bertz CT molecular complexity index is 449. The molecule has 4 nitrogen and oxygen atoms in total. The average Bonchev–Trinajstić information content (AvgIpc) is 2.68. The van der Waals surface area contributed by atoms with Gasteiger partial charge in [-0.3, -0.25) is 4.79 Å². The number of nitrogens with zero attached hydrogens (tertiary/aromatic N) is 1. The Balaban J connectivity index is 2.29. The van der Waals surface area contributed by atoms with Gasteiger partial charge in [0, 0.05) is 18.8 Å². The van der Waals surface area contributed by atoms with Gasteiger partial charge in [0.05, 0.1) is 7.11 Å². The highest BCUT2D eigenvalue weighted by Crippen LogP contribution is 2.29. The predicted octanol–water partition coefficient (Wildman–Crippen LogP) is 2.01. The van der Waals surface area contributed by atoms with Crippen molar-refractivity contribution in [2.45, 2.75) is 13.8 Å². The molecule has 0 aromatic heterocycles. The summed E-state index contributed by atoms with van der Waals surface area (Å²) in [5, 5.41) is 0. The van der Waals surface area contributed by atoms with Gasteiger partial charge in [0.2, 0.25) is 0 Å². The first-order chi connectivity index (χ1) is 8.54. The fourth-order valence-electron chi connectivity index (χ4n) is 2.40. The molecule has 1 heterocycles. The number of nitrogens with two attached hydrogens (primary N) is 1. The quantitative estimate of drug-likeness (QED) is 0.814. The summed E-state index contributed by atoms with van der Waals surface area (Å²) < 4.78 is 5.23. The van der Waals surface area contributed by atoms with Gasteiger partial charge in [-0.15, -0.1) is 0 Å². The lowest BCUT2D eigenvalue weighted by molar-refractivity contribution is 0.0782. The lowest BCUT2D eigenvalue weighted by Crippen LogP contribution is -2.29. The van der Waals surface area contributed by atoms with Crippen LogP contribution in [0, 0.1) is 11.8 Å². The summed E-state index contributed by atoms with van der Waals surface area (Å²) in [6.07, 6.45) is 0. The molecule has 0 bridgehead atoms. The number of carbonyl (C=O) groups is 1. The summed E-state index contributed by atoms with van der Waals surface area (Å²) in [7, 11) is 1.56.